The number of hydrogen-bond acceptors (Lipinski definition) is 1. The minimum absolute atomic E-state index is 0.0225. The van der Waals surface area contributed by atoms with Crippen LogP contribution in [0.2, 0.25) is 0 Å². The molecule has 1 aromatic rings. The number of nitrogens with one attached hydrogen (secondary N) is 1. The number of aryl methyl sites for hydroxylation is 1. The summed E-state index contributed by atoms with van der Waals surface area (Å²) < 4.78 is 0. The molecule has 1 unspecified atom stereocenters. The normalized spacial score (nSPS) is 12.7. The van der Waals surface area contributed by atoms with Gasteiger partial charge in [-0.05, 0) is 25.5 Å². The van der Waals surface area contributed by atoms with Gasteiger partial charge in [-0.25, -0.2) is 0 Å². The second-order valence-electron chi connectivity index (χ2n) is 4.09. The van der Waals surface area contributed by atoms with Gasteiger partial charge in [-0.2, -0.15) is 0 Å². The van der Waals surface area contributed by atoms with Crippen LogP contribution in [0.5, 0.6) is 0 Å². The van der Waals surface area contributed by atoms with Gasteiger partial charge >= 0.3 is 0 Å². The van der Waals surface area contributed by atoms with Crippen molar-refractivity contribution in [1.29, 1.82) is 0 Å². The highest BCUT2D eigenvalue weighted by Gasteiger charge is 2.10. The molecular weight excluding hydrogens is 234 g/mol. The summed E-state index contributed by atoms with van der Waals surface area (Å²) in [6.07, 6.45) is 4.12. The third-order valence-corrected chi connectivity index (χ3v) is 2.82. The summed E-state index contributed by atoms with van der Waals surface area (Å²) in [5.74, 6) is 0.0701. The largest absolute Gasteiger partial charge is 0.325 e. The Hall–Kier alpha value is -1.28. The van der Waals surface area contributed by atoms with Crippen molar-refractivity contribution in [3.05, 3.63) is 41.5 Å². The molecule has 0 saturated heterocycles. The summed E-state index contributed by atoms with van der Waals surface area (Å²) >= 11 is 5.50. The molecule has 92 valence electrons. The van der Waals surface area contributed by atoms with Gasteiger partial charge in [0.1, 0.15) is 5.88 Å². The molecule has 0 aliphatic heterocycles. The molecule has 17 heavy (non-hydrogen) atoms. The van der Waals surface area contributed by atoms with Crippen molar-refractivity contribution in [1.82, 2.24) is 0 Å². The van der Waals surface area contributed by atoms with Crippen LogP contribution in [0.1, 0.15) is 30.9 Å². The third kappa shape index (κ3) is 3.90. The van der Waals surface area contributed by atoms with E-state index in [1.54, 1.807) is 0 Å². The van der Waals surface area contributed by atoms with Crippen molar-refractivity contribution < 1.29 is 4.79 Å². The van der Waals surface area contributed by atoms with Gasteiger partial charge < -0.3 is 5.32 Å². The molecule has 0 aliphatic carbocycles. The molecule has 0 heterocycles. The molecule has 0 aromatic heterocycles. The molecule has 1 aromatic carbocycles. The van der Waals surface area contributed by atoms with Crippen LogP contribution < -0.4 is 5.32 Å². The number of benzene rings is 1. The molecular formula is C14H18ClNO. The third-order valence-electron chi connectivity index (χ3n) is 2.57. The van der Waals surface area contributed by atoms with Crippen molar-refractivity contribution in [2.75, 3.05) is 11.2 Å². The van der Waals surface area contributed by atoms with Crippen molar-refractivity contribution in [2.45, 2.75) is 26.7 Å². The van der Waals surface area contributed by atoms with Crippen LogP contribution in [-0.2, 0) is 4.79 Å². The first-order valence-electron chi connectivity index (χ1n) is 5.67. The Labute approximate surface area is 108 Å². The Morgan fingerprint density at radius 2 is 2.24 bits per heavy atom. The number of rotatable bonds is 4. The Balaban J connectivity index is 3.07. The number of carbonyl (C=O) groups is 1. The summed E-state index contributed by atoms with van der Waals surface area (Å²) in [6.45, 7) is 6.13. The van der Waals surface area contributed by atoms with Gasteiger partial charge in [0, 0.05) is 11.6 Å². The predicted molar refractivity (Wildman–Crippen MR) is 73.8 cm³/mol. The van der Waals surface area contributed by atoms with Gasteiger partial charge in [-0.15, -0.1) is 11.6 Å². The monoisotopic (exact) mass is 251 g/mol. The molecule has 0 aliphatic rings. The van der Waals surface area contributed by atoms with Crippen LogP contribution in [0.25, 0.3) is 0 Å². The van der Waals surface area contributed by atoms with Gasteiger partial charge in [0.25, 0.3) is 0 Å². The molecule has 0 radical (unpaired) electrons. The first-order chi connectivity index (χ1) is 8.08. The Bertz CT molecular complexity index is 426. The lowest BCUT2D eigenvalue weighted by atomic mass is 9.97. The van der Waals surface area contributed by atoms with Gasteiger partial charge in [0.05, 0.1) is 0 Å². The number of amides is 1. The number of halogens is 1. The zero-order valence-corrected chi connectivity index (χ0v) is 11.2. The number of anilines is 1. The molecule has 0 bridgehead atoms. The summed E-state index contributed by atoms with van der Waals surface area (Å²) in [4.78, 5) is 11.3. The average Bonchev–Trinajstić information content (AvgIpc) is 2.31. The van der Waals surface area contributed by atoms with Crippen LogP contribution in [0, 0.1) is 6.92 Å². The van der Waals surface area contributed by atoms with E-state index in [0.29, 0.717) is 0 Å². The van der Waals surface area contributed by atoms with E-state index in [1.807, 2.05) is 32.1 Å². The maximum absolute atomic E-state index is 11.3. The van der Waals surface area contributed by atoms with E-state index in [1.165, 1.54) is 5.56 Å². The molecule has 0 spiro atoms. The molecule has 2 nitrogen and oxygen atoms in total. The van der Waals surface area contributed by atoms with E-state index in [2.05, 4.69) is 24.4 Å². The van der Waals surface area contributed by atoms with E-state index >= 15 is 0 Å². The number of allylic oxidation sites excluding steroid dienone is 2. The smallest absolute Gasteiger partial charge is 0.239 e. The highest BCUT2D eigenvalue weighted by Crippen LogP contribution is 2.26. The van der Waals surface area contributed by atoms with Crippen LogP contribution >= 0.6 is 11.6 Å². The standard InChI is InChI=1S/C14H18ClNO/c1-4-5-11(3)12-8-10(2)6-7-13(12)16-14(17)9-15/h4-8,11H,9H2,1-3H3,(H,16,17). The summed E-state index contributed by atoms with van der Waals surface area (Å²) in [5, 5.41) is 2.82. The maximum atomic E-state index is 11.3. The molecule has 1 atom stereocenters. The fraction of sp³-hybridized carbons (Fsp3) is 0.357. The van der Waals surface area contributed by atoms with Crippen LogP contribution in [0.15, 0.2) is 30.4 Å². The van der Waals surface area contributed by atoms with Gasteiger partial charge in [-0.1, -0.05) is 36.8 Å². The van der Waals surface area contributed by atoms with E-state index in [9.17, 15) is 4.79 Å². The quantitative estimate of drug-likeness (QED) is 0.639. The second-order valence-corrected chi connectivity index (χ2v) is 4.35. The summed E-state index contributed by atoms with van der Waals surface area (Å²) in [5.41, 5.74) is 3.13. The van der Waals surface area contributed by atoms with E-state index in [0.717, 1.165) is 11.3 Å². The number of hydrogen-bond donors (Lipinski definition) is 1. The second kappa shape index (κ2) is 6.45. The lowest BCUT2D eigenvalue weighted by molar-refractivity contribution is -0.113. The van der Waals surface area contributed by atoms with Crippen LogP contribution in [0.4, 0.5) is 5.69 Å². The van der Waals surface area contributed by atoms with E-state index in [-0.39, 0.29) is 17.7 Å². The Morgan fingerprint density at radius 3 is 2.82 bits per heavy atom. The van der Waals surface area contributed by atoms with E-state index in [4.69, 9.17) is 11.6 Å². The van der Waals surface area contributed by atoms with Crippen LogP contribution in [-0.4, -0.2) is 11.8 Å². The lowest BCUT2D eigenvalue weighted by Gasteiger charge is -2.15. The fourth-order valence-corrected chi connectivity index (χ4v) is 1.82. The SMILES string of the molecule is CC=CC(C)c1cc(C)ccc1NC(=O)CCl. The average molecular weight is 252 g/mol. The molecule has 0 saturated carbocycles. The molecule has 3 heteroatoms. The van der Waals surface area contributed by atoms with Crippen molar-refractivity contribution >= 4 is 23.2 Å². The van der Waals surface area contributed by atoms with Gasteiger partial charge in [0.2, 0.25) is 5.91 Å². The first kappa shape index (κ1) is 13.8. The Morgan fingerprint density at radius 1 is 1.53 bits per heavy atom. The van der Waals surface area contributed by atoms with Gasteiger partial charge in [0.15, 0.2) is 0 Å². The van der Waals surface area contributed by atoms with Crippen molar-refractivity contribution in [3.8, 4) is 0 Å². The first-order valence-corrected chi connectivity index (χ1v) is 6.21. The topological polar surface area (TPSA) is 29.1 Å². The molecule has 1 N–H and O–H groups in total. The molecule has 1 rings (SSSR count). The van der Waals surface area contributed by atoms with Crippen molar-refractivity contribution in [2.24, 2.45) is 0 Å². The minimum atomic E-state index is -0.176. The van der Waals surface area contributed by atoms with Crippen LogP contribution in [0.3, 0.4) is 0 Å². The van der Waals surface area contributed by atoms with Crippen molar-refractivity contribution in [3.63, 3.8) is 0 Å². The van der Waals surface area contributed by atoms with E-state index < -0.39 is 0 Å². The number of alkyl halides is 1. The van der Waals surface area contributed by atoms with Gasteiger partial charge in [-0.3, -0.25) is 4.79 Å². The highest BCUT2D eigenvalue weighted by molar-refractivity contribution is 6.29. The highest BCUT2D eigenvalue weighted by atomic mass is 35.5. The maximum Gasteiger partial charge on any atom is 0.239 e. The summed E-state index contributed by atoms with van der Waals surface area (Å²) in [6, 6.07) is 6.00. The predicted octanol–water partition coefficient (Wildman–Crippen LogP) is 3.85. The zero-order chi connectivity index (χ0) is 12.8. The number of carbonyl (C=O) groups excluding carboxylic acids is 1. The fourth-order valence-electron chi connectivity index (χ4n) is 1.75. The Kier molecular flexibility index (Phi) is 5.23. The zero-order valence-electron chi connectivity index (χ0n) is 10.5. The lowest BCUT2D eigenvalue weighted by Crippen LogP contribution is -2.14. The summed E-state index contributed by atoms with van der Waals surface area (Å²) in [7, 11) is 0. The minimum Gasteiger partial charge on any atom is -0.325 e. The molecule has 0 fully saturated rings. The molecule has 1 amide bonds.